The lowest BCUT2D eigenvalue weighted by atomic mass is 10.2. The van der Waals surface area contributed by atoms with Gasteiger partial charge in [-0.2, -0.15) is 8.75 Å². The Morgan fingerprint density at radius 2 is 2.11 bits per heavy atom. The highest BCUT2D eigenvalue weighted by atomic mass is 32.1. The number of hydrogen-bond donors (Lipinski definition) is 0. The second-order valence-corrected chi connectivity index (χ2v) is 4.56. The molecule has 0 radical (unpaired) electrons. The average molecular weight is 261 g/mol. The number of nitrogens with zero attached hydrogens (tertiary/aromatic N) is 3. The van der Waals surface area contributed by atoms with Crippen molar-refractivity contribution in [2.45, 2.75) is 19.9 Å². The molecule has 0 unspecified atom stereocenters. The molecule has 0 spiro atoms. The van der Waals surface area contributed by atoms with Crippen LogP contribution in [-0.4, -0.2) is 26.1 Å². The van der Waals surface area contributed by atoms with Crippen LogP contribution in [0.4, 0.5) is 0 Å². The monoisotopic (exact) mass is 261 g/mol. The first kappa shape index (κ1) is 12.7. The average Bonchev–Trinajstić information content (AvgIpc) is 2.92. The maximum atomic E-state index is 12.2. The lowest BCUT2D eigenvalue weighted by Crippen LogP contribution is -2.31. The van der Waals surface area contributed by atoms with E-state index in [0.717, 1.165) is 30.3 Å². The smallest absolute Gasteiger partial charge is 0.275 e. The van der Waals surface area contributed by atoms with Crippen molar-refractivity contribution in [3.8, 4) is 0 Å². The van der Waals surface area contributed by atoms with Gasteiger partial charge in [-0.15, -0.1) is 0 Å². The number of benzene rings is 1. The van der Waals surface area contributed by atoms with Crippen LogP contribution in [0.25, 0.3) is 0 Å². The van der Waals surface area contributed by atoms with Crippen LogP contribution in [0.15, 0.2) is 36.5 Å². The summed E-state index contributed by atoms with van der Waals surface area (Å²) in [7, 11) is 0. The van der Waals surface area contributed by atoms with Crippen molar-refractivity contribution < 1.29 is 4.79 Å². The quantitative estimate of drug-likeness (QED) is 0.831. The van der Waals surface area contributed by atoms with E-state index >= 15 is 0 Å². The SMILES string of the molecule is CCCN(Cc1ccccc1)C(=O)c1cnsn1. The van der Waals surface area contributed by atoms with Crippen molar-refractivity contribution in [3.63, 3.8) is 0 Å². The van der Waals surface area contributed by atoms with Crippen LogP contribution >= 0.6 is 11.7 Å². The summed E-state index contributed by atoms with van der Waals surface area (Å²) >= 11 is 1.06. The van der Waals surface area contributed by atoms with Gasteiger partial charge in [-0.1, -0.05) is 37.3 Å². The summed E-state index contributed by atoms with van der Waals surface area (Å²) in [4.78, 5) is 14.0. The lowest BCUT2D eigenvalue weighted by Gasteiger charge is -2.21. The molecule has 2 aromatic rings. The van der Waals surface area contributed by atoms with E-state index in [0.29, 0.717) is 12.2 Å². The highest BCUT2D eigenvalue weighted by Crippen LogP contribution is 2.09. The van der Waals surface area contributed by atoms with Crippen LogP contribution < -0.4 is 0 Å². The van der Waals surface area contributed by atoms with Crippen LogP contribution in [0.2, 0.25) is 0 Å². The molecule has 5 heteroatoms. The molecule has 0 aliphatic heterocycles. The molecule has 0 fully saturated rings. The third-order valence-corrected chi connectivity index (χ3v) is 3.06. The number of carbonyl (C=O) groups excluding carboxylic acids is 1. The summed E-state index contributed by atoms with van der Waals surface area (Å²) in [6.45, 7) is 3.40. The van der Waals surface area contributed by atoms with Crippen LogP contribution in [0.3, 0.4) is 0 Å². The van der Waals surface area contributed by atoms with Gasteiger partial charge in [-0.3, -0.25) is 4.79 Å². The summed E-state index contributed by atoms with van der Waals surface area (Å²) in [5.74, 6) is -0.0468. The first-order valence-corrected chi connectivity index (χ1v) is 6.65. The third-order valence-electron chi connectivity index (χ3n) is 2.58. The zero-order chi connectivity index (χ0) is 12.8. The van der Waals surface area contributed by atoms with Crippen molar-refractivity contribution in [1.82, 2.24) is 13.6 Å². The van der Waals surface area contributed by atoms with E-state index in [1.165, 1.54) is 6.20 Å². The Morgan fingerprint density at radius 3 is 2.72 bits per heavy atom. The maximum Gasteiger partial charge on any atom is 0.275 e. The van der Waals surface area contributed by atoms with Gasteiger partial charge in [0.05, 0.1) is 17.9 Å². The predicted octanol–water partition coefficient (Wildman–Crippen LogP) is 2.59. The second-order valence-electron chi connectivity index (χ2n) is 4.00. The van der Waals surface area contributed by atoms with E-state index in [1.54, 1.807) is 0 Å². The summed E-state index contributed by atoms with van der Waals surface area (Å²) in [5, 5.41) is 0. The highest BCUT2D eigenvalue weighted by Gasteiger charge is 2.17. The molecule has 0 atom stereocenters. The van der Waals surface area contributed by atoms with Crippen LogP contribution in [0, 0.1) is 0 Å². The molecule has 1 aromatic heterocycles. The van der Waals surface area contributed by atoms with Gasteiger partial charge in [0, 0.05) is 13.1 Å². The zero-order valence-electron chi connectivity index (χ0n) is 10.2. The second kappa shape index (κ2) is 6.26. The number of hydrogen-bond acceptors (Lipinski definition) is 4. The minimum absolute atomic E-state index is 0.0468. The van der Waals surface area contributed by atoms with Gasteiger partial charge < -0.3 is 4.90 Å². The van der Waals surface area contributed by atoms with E-state index in [2.05, 4.69) is 15.7 Å². The van der Waals surface area contributed by atoms with Crippen LogP contribution in [0.1, 0.15) is 29.4 Å². The fourth-order valence-electron chi connectivity index (χ4n) is 1.75. The van der Waals surface area contributed by atoms with Crippen molar-refractivity contribution in [3.05, 3.63) is 47.8 Å². The predicted molar refractivity (Wildman–Crippen MR) is 71.4 cm³/mol. The van der Waals surface area contributed by atoms with Gasteiger partial charge in [0.1, 0.15) is 0 Å². The highest BCUT2D eigenvalue weighted by molar-refractivity contribution is 6.99. The molecule has 1 heterocycles. The topological polar surface area (TPSA) is 46.1 Å². The Bertz CT molecular complexity index is 484. The standard InChI is InChI=1S/C13H15N3OS/c1-2-8-16(10-11-6-4-3-5-7-11)13(17)12-9-14-18-15-12/h3-7,9H,2,8,10H2,1H3. The molecule has 94 valence electrons. The van der Waals surface area contributed by atoms with Gasteiger partial charge >= 0.3 is 0 Å². The number of carbonyl (C=O) groups is 1. The zero-order valence-corrected chi connectivity index (χ0v) is 11.1. The lowest BCUT2D eigenvalue weighted by molar-refractivity contribution is 0.0738. The van der Waals surface area contributed by atoms with Gasteiger partial charge in [0.25, 0.3) is 5.91 Å². The third kappa shape index (κ3) is 3.13. The molecule has 18 heavy (non-hydrogen) atoms. The first-order valence-electron chi connectivity index (χ1n) is 5.92. The molecule has 0 aliphatic carbocycles. The van der Waals surface area contributed by atoms with E-state index in [-0.39, 0.29) is 5.91 Å². The van der Waals surface area contributed by atoms with E-state index in [1.807, 2.05) is 35.2 Å². The molecule has 2 rings (SSSR count). The van der Waals surface area contributed by atoms with Crippen molar-refractivity contribution >= 4 is 17.6 Å². The Balaban J connectivity index is 2.11. The Hall–Kier alpha value is -1.75. The maximum absolute atomic E-state index is 12.2. The van der Waals surface area contributed by atoms with E-state index in [9.17, 15) is 4.79 Å². The van der Waals surface area contributed by atoms with Gasteiger partial charge in [-0.05, 0) is 12.0 Å². The normalized spacial score (nSPS) is 10.3. The molecule has 1 amide bonds. The van der Waals surface area contributed by atoms with Gasteiger partial charge in [-0.25, -0.2) is 0 Å². The minimum Gasteiger partial charge on any atom is -0.333 e. The molecule has 0 saturated carbocycles. The summed E-state index contributed by atoms with van der Waals surface area (Å²) in [6.07, 6.45) is 2.46. The Morgan fingerprint density at radius 1 is 1.33 bits per heavy atom. The summed E-state index contributed by atoms with van der Waals surface area (Å²) in [5.41, 5.74) is 1.56. The Kier molecular flexibility index (Phi) is 4.41. The molecular formula is C13H15N3OS. The number of rotatable bonds is 5. The molecule has 0 bridgehead atoms. The fraction of sp³-hybridized carbons (Fsp3) is 0.308. The van der Waals surface area contributed by atoms with Crippen molar-refractivity contribution in [2.75, 3.05) is 6.54 Å². The largest absolute Gasteiger partial charge is 0.333 e. The molecule has 0 N–H and O–H groups in total. The molecular weight excluding hydrogens is 246 g/mol. The molecule has 0 saturated heterocycles. The molecule has 0 aliphatic rings. The van der Waals surface area contributed by atoms with E-state index < -0.39 is 0 Å². The number of amides is 1. The van der Waals surface area contributed by atoms with Crippen molar-refractivity contribution in [2.24, 2.45) is 0 Å². The van der Waals surface area contributed by atoms with E-state index in [4.69, 9.17) is 0 Å². The van der Waals surface area contributed by atoms with Crippen molar-refractivity contribution in [1.29, 1.82) is 0 Å². The summed E-state index contributed by atoms with van der Waals surface area (Å²) in [6, 6.07) is 9.98. The molecule has 4 nitrogen and oxygen atoms in total. The number of aromatic nitrogens is 2. The summed E-state index contributed by atoms with van der Waals surface area (Å²) < 4.78 is 7.88. The van der Waals surface area contributed by atoms with Crippen LogP contribution in [-0.2, 0) is 6.54 Å². The van der Waals surface area contributed by atoms with Gasteiger partial charge in [0.15, 0.2) is 5.69 Å². The van der Waals surface area contributed by atoms with Gasteiger partial charge in [0.2, 0.25) is 0 Å². The first-order chi connectivity index (χ1) is 8.81. The Labute approximate surface area is 111 Å². The molecule has 1 aromatic carbocycles. The minimum atomic E-state index is -0.0468. The van der Waals surface area contributed by atoms with Crippen LogP contribution in [0.5, 0.6) is 0 Å². The fourth-order valence-corrected chi connectivity index (χ4v) is 2.15.